The Morgan fingerprint density at radius 2 is 1.87 bits per heavy atom. The van der Waals surface area contributed by atoms with Crippen molar-refractivity contribution >= 4 is 40.7 Å². The first-order chi connectivity index (χ1) is 15.0. The number of aromatic hydroxyl groups is 1. The minimum Gasteiger partial charge on any atom is -0.507 e. The number of phenols is 1. The molecule has 2 aromatic carbocycles. The van der Waals surface area contributed by atoms with Gasteiger partial charge < -0.3 is 20.5 Å². The minimum atomic E-state index is -0.341. The summed E-state index contributed by atoms with van der Waals surface area (Å²) >= 11 is 12.7. The second-order valence-corrected chi connectivity index (χ2v) is 8.03. The van der Waals surface area contributed by atoms with Gasteiger partial charge in [-0.3, -0.25) is 4.79 Å². The van der Waals surface area contributed by atoms with Gasteiger partial charge in [0, 0.05) is 11.7 Å². The third kappa shape index (κ3) is 5.18. The van der Waals surface area contributed by atoms with Crippen LogP contribution in [0.25, 0.3) is 0 Å². The van der Waals surface area contributed by atoms with E-state index < -0.39 is 0 Å². The summed E-state index contributed by atoms with van der Waals surface area (Å²) in [6.45, 7) is 0. The highest BCUT2D eigenvalue weighted by atomic mass is 35.5. The Morgan fingerprint density at radius 1 is 1.13 bits per heavy atom. The molecule has 0 unspecified atom stereocenters. The van der Waals surface area contributed by atoms with Gasteiger partial charge in [0.25, 0.3) is 11.9 Å². The summed E-state index contributed by atoms with van der Waals surface area (Å²) in [6, 6.07) is 7.70. The molecule has 4 N–H and O–H groups in total. The lowest BCUT2D eigenvalue weighted by Crippen LogP contribution is -2.36. The predicted octanol–water partition coefficient (Wildman–Crippen LogP) is 4.81. The van der Waals surface area contributed by atoms with Crippen molar-refractivity contribution < 1.29 is 14.6 Å². The molecule has 11 heteroatoms. The molecule has 0 saturated heterocycles. The Labute approximate surface area is 188 Å². The van der Waals surface area contributed by atoms with Crippen molar-refractivity contribution in [1.29, 1.82) is 0 Å². The van der Waals surface area contributed by atoms with E-state index in [1.54, 1.807) is 12.1 Å². The number of carbonyl (C=O) groups is 1. The maximum Gasteiger partial charge on any atom is 0.267 e. The van der Waals surface area contributed by atoms with Crippen LogP contribution in [0.15, 0.2) is 30.3 Å². The molecule has 1 fully saturated rings. The van der Waals surface area contributed by atoms with E-state index in [0.717, 1.165) is 25.7 Å². The van der Waals surface area contributed by atoms with E-state index in [0.29, 0.717) is 11.4 Å². The van der Waals surface area contributed by atoms with Crippen LogP contribution in [-0.2, 0) is 0 Å². The molecule has 1 aliphatic carbocycles. The number of aromatic amines is 1. The number of nitrogens with one attached hydrogen (secondary N) is 3. The number of H-pyrrole nitrogens is 1. The second kappa shape index (κ2) is 9.40. The molecule has 0 atom stereocenters. The number of anilines is 2. The van der Waals surface area contributed by atoms with Gasteiger partial charge in [-0.25, -0.2) is 0 Å². The normalized spacial score (nSPS) is 14.3. The number of carbonyl (C=O) groups excluding carboxylic acids is 1. The maximum atomic E-state index is 12.7. The number of aromatic nitrogens is 4. The average Bonchev–Trinajstić information content (AvgIpc) is 3.25. The van der Waals surface area contributed by atoms with Crippen LogP contribution >= 0.6 is 23.2 Å². The number of hydrogen-bond donors (Lipinski definition) is 4. The molecule has 9 nitrogen and oxygen atoms in total. The molecule has 0 aliphatic heterocycles. The highest BCUT2D eigenvalue weighted by Gasteiger charge is 2.20. The molecular weight excluding hydrogens is 443 g/mol. The summed E-state index contributed by atoms with van der Waals surface area (Å²) in [7, 11) is 0. The predicted molar refractivity (Wildman–Crippen MR) is 116 cm³/mol. The Balaban J connectivity index is 1.51. The Bertz CT molecular complexity index is 1050. The van der Waals surface area contributed by atoms with E-state index in [9.17, 15) is 9.90 Å². The Hall–Kier alpha value is -3.04. The van der Waals surface area contributed by atoms with E-state index in [2.05, 4.69) is 31.3 Å². The number of nitrogens with zero attached hydrogens (tertiary/aromatic N) is 3. The van der Waals surface area contributed by atoms with Crippen molar-refractivity contribution in [2.45, 2.75) is 38.1 Å². The van der Waals surface area contributed by atoms with Crippen molar-refractivity contribution in [2.75, 3.05) is 5.32 Å². The smallest absolute Gasteiger partial charge is 0.267 e. The highest BCUT2D eigenvalue weighted by Crippen LogP contribution is 2.40. The van der Waals surface area contributed by atoms with Crippen molar-refractivity contribution in [3.05, 3.63) is 45.9 Å². The molecular formula is C20H20Cl2N6O3. The lowest BCUT2D eigenvalue weighted by Gasteiger charge is -2.23. The monoisotopic (exact) mass is 462 g/mol. The van der Waals surface area contributed by atoms with Crippen LogP contribution in [0.3, 0.4) is 0 Å². The molecule has 31 heavy (non-hydrogen) atoms. The van der Waals surface area contributed by atoms with E-state index in [-0.39, 0.29) is 45.0 Å². The van der Waals surface area contributed by atoms with Crippen LogP contribution in [-0.4, -0.2) is 37.7 Å². The molecule has 1 saturated carbocycles. The maximum absolute atomic E-state index is 12.7. The van der Waals surface area contributed by atoms with Crippen LogP contribution < -0.4 is 15.4 Å². The first-order valence-electron chi connectivity index (χ1n) is 9.81. The molecule has 162 valence electrons. The highest BCUT2D eigenvalue weighted by molar-refractivity contribution is 6.37. The van der Waals surface area contributed by atoms with Crippen LogP contribution in [0.5, 0.6) is 17.2 Å². The summed E-state index contributed by atoms with van der Waals surface area (Å²) in [5, 5.41) is 29.9. The molecule has 1 heterocycles. The third-order valence-corrected chi connectivity index (χ3v) is 5.53. The first kappa shape index (κ1) is 21.2. The molecule has 4 rings (SSSR count). The summed E-state index contributed by atoms with van der Waals surface area (Å²) in [5.74, 6) is 0.317. The number of rotatable bonds is 6. The summed E-state index contributed by atoms with van der Waals surface area (Å²) in [5.41, 5.74) is 0.674. The molecule has 1 amide bonds. The number of amides is 1. The standard InChI is InChI=1S/C20H20Cl2N6O3/c21-15-8-12(24-20-25-27-28-26-20)9-16(22)18(15)31-13-6-7-17(29)14(10-13)19(30)23-11-4-2-1-3-5-11/h6-11,29H,1-5H2,(H,23,30)(H2,24,25,26,27,28). The van der Waals surface area contributed by atoms with Crippen molar-refractivity contribution in [2.24, 2.45) is 0 Å². The zero-order chi connectivity index (χ0) is 21.8. The topological polar surface area (TPSA) is 125 Å². The van der Waals surface area contributed by atoms with Gasteiger partial charge in [0.05, 0.1) is 15.6 Å². The van der Waals surface area contributed by atoms with Crippen LogP contribution in [0, 0.1) is 0 Å². The van der Waals surface area contributed by atoms with Gasteiger partial charge in [0.2, 0.25) is 0 Å². The quantitative estimate of drug-likeness (QED) is 0.413. The van der Waals surface area contributed by atoms with E-state index in [1.807, 2.05) is 0 Å². The van der Waals surface area contributed by atoms with Gasteiger partial charge >= 0.3 is 0 Å². The average molecular weight is 463 g/mol. The number of halogens is 2. The number of benzene rings is 2. The number of phenolic OH excluding ortho intramolecular Hbond substituents is 1. The summed E-state index contributed by atoms with van der Waals surface area (Å²) < 4.78 is 5.83. The van der Waals surface area contributed by atoms with Gasteiger partial charge in [0.15, 0.2) is 5.75 Å². The molecule has 0 bridgehead atoms. The van der Waals surface area contributed by atoms with Crippen LogP contribution in [0.4, 0.5) is 11.6 Å². The minimum absolute atomic E-state index is 0.119. The lowest BCUT2D eigenvalue weighted by molar-refractivity contribution is 0.0924. The van der Waals surface area contributed by atoms with E-state index in [4.69, 9.17) is 27.9 Å². The van der Waals surface area contributed by atoms with Crippen LogP contribution in [0.2, 0.25) is 10.0 Å². The fraction of sp³-hybridized carbons (Fsp3) is 0.300. The fourth-order valence-corrected chi connectivity index (χ4v) is 4.03. The summed E-state index contributed by atoms with van der Waals surface area (Å²) in [6.07, 6.45) is 5.26. The number of hydrogen-bond acceptors (Lipinski definition) is 7. The SMILES string of the molecule is O=C(NC1CCCCC1)c1cc(Oc2c(Cl)cc(Nc3nn[nH]n3)cc2Cl)ccc1O. The van der Waals surface area contributed by atoms with Crippen molar-refractivity contribution in [3.63, 3.8) is 0 Å². The Morgan fingerprint density at radius 3 is 2.55 bits per heavy atom. The van der Waals surface area contributed by atoms with Crippen molar-refractivity contribution in [1.82, 2.24) is 25.9 Å². The van der Waals surface area contributed by atoms with Gasteiger partial charge in [-0.2, -0.15) is 5.21 Å². The second-order valence-electron chi connectivity index (χ2n) is 7.22. The third-order valence-electron chi connectivity index (χ3n) is 4.97. The van der Waals surface area contributed by atoms with Gasteiger partial charge in [0.1, 0.15) is 11.5 Å². The molecule has 0 spiro atoms. The van der Waals surface area contributed by atoms with E-state index >= 15 is 0 Å². The number of ether oxygens (including phenoxy) is 1. The largest absolute Gasteiger partial charge is 0.507 e. The van der Waals surface area contributed by atoms with Gasteiger partial charge in [-0.15, -0.1) is 5.10 Å². The molecule has 0 radical (unpaired) electrons. The van der Waals surface area contributed by atoms with E-state index in [1.165, 1.54) is 24.6 Å². The molecule has 1 aromatic heterocycles. The first-order valence-corrected chi connectivity index (χ1v) is 10.6. The number of tetrazole rings is 1. The van der Waals surface area contributed by atoms with Gasteiger partial charge in [-0.05, 0) is 48.4 Å². The van der Waals surface area contributed by atoms with Crippen molar-refractivity contribution in [3.8, 4) is 17.2 Å². The van der Waals surface area contributed by atoms with Crippen LogP contribution in [0.1, 0.15) is 42.5 Å². The Kier molecular flexibility index (Phi) is 6.43. The lowest BCUT2D eigenvalue weighted by atomic mass is 9.95. The van der Waals surface area contributed by atoms with Gasteiger partial charge in [-0.1, -0.05) is 47.6 Å². The molecule has 1 aliphatic rings. The molecule has 3 aromatic rings. The zero-order valence-electron chi connectivity index (χ0n) is 16.4. The summed E-state index contributed by atoms with van der Waals surface area (Å²) in [4.78, 5) is 12.7. The zero-order valence-corrected chi connectivity index (χ0v) is 17.9. The fourth-order valence-electron chi connectivity index (χ4n) is 3.46.